The van der Waals surface area contributed by atoms with Gasteiger partial charge in [-0.05, 0) is 60.6 Å². The molecule has 0 saturated carbocycles. The summed E-state index contributed by atoms with van der Waals surface area (Å²) in [6.45, 7) is 2.36. The van der Waals surface area contributed by atoms with E-state index in [1.165, 1.54) is 0 Å². The predicted molar refractivity (Wildman–Crippen MR) is 126 cm³/mol. The topological polar surface area (TPSA) is 62.4 Å². The van der Waals surface area contributed by atoms with Crippen LogP contribution in [-0.4, -0.2) is 11.0 Å². The van der Waals surface area contributed by atoms with Gasteiger partial charge in [0, 0.05) is 10.0 Å². The van der Waals surface area contributed by atoms with Crippen LogP contribution in [0.4, 0.5) is 0 Å². The Balaban J connectivity index is 1.50. The average Bonchev–Trinajstić information content (AvgIpc) is 2.77. The molecule has 0 aliphatic carbocycles. The second-order valence-electron chi connectivity index (χ2n) is 6.63. The summed E-state index contributed by atoms with van der Waals surface area (Å²) in [4.78, 5) is 12.5. The summed E-state index contributed by atoms with van der Waals surface area (Å²) in [7, 11) is 0. The van der Waals surface area contributed by atoms with Crippen LogP contribution in [0.1, 0.15) is 34.5 Å². The highest BCUT2D eigenvalue weighted by Gasteiger charge is 2.09. The number of nitrogens with one attached hydrogen (secondary N) is 3. The zero-order valence-corrected chi connectivity index (χ0v) is 18.8. The van der Waals surface area contributed by atoms with Gasteiger partial charge in [-0.2, -0.15) is 0 Å². The molecule has 3 aromatic carbocycles. The molecule has 0 fully saturated rings. The first-order chi connectivity index (χ1) is 14.5. The Labute approximate surface area is 189 Å². The van der Waals surface area contributed by atoms with E-state index in [1.54, 1.807) is 12.1 Å². The van der Waals surface area contributed by atoms with Gasteiger partial charge < -0.3 is 10.1 Å². The molecule has 3 rings (SSSR count). The number of hydrazine groups is 1. The zero-order chi connectivity index (χ0) is 21.3. The molecule has 3 aromatic rings. The quantitative estimate of drug-likeness (QED) is 0.343. The number of thiocarbonyl (C=S) groups is 1. The fourth-order valence-corrected chi connectivity index (χ4v) is 3.38. The molecule has 154 valence electrons. The summed E-state index contributed by atoms with van der Waals surface area (Å²) < 4.78 is 6.73. The van der Waals surface area contributed by atoms with Crippen LogP contribution in [0.2, 0.25) is 0 Å². The van der Waals surface area contributed by atoms with Crippen molar-refractivity contribution in [2.24, 2.45) is 0 Å². The van der Waals surface area contributed by atoms with E-state index in [4.69, 9.17) is 17.0 Å². The van der Waals surface area contributed by atoms with E-state index in [9.17, 15) is 4.79 Å². The summed E-state index contributed by atoms with van der Waals surface area (Å²) >= 11 is 8.69. The van der Waals surface area contributed by atoms with Crippen molar-refractivity contribution < 1.29 is 9.53 Å². The molecule has 0 heterocycles. The third kappa shape index (κ3) is 6.57. The van der Waals surface area contributed by atoms with Crippen LogP contribution in [0.5, 0.6) is 5.75 Å². The maximum Gasteiger partial charge on any atom is 0.269 e. The molecule has 7 heteroatoms. The fraction of sp³-hybridized carbons (Fsp3) is 0.130. The van der Waals surface area contributed by atoms with Crippen molar-refractivity contribution in [3.05, 3.63) is 100 Å². The Morgan fingerprint density at radius 1 is 1.00 bits per heavy atom. The Morgan fingerprint density at radius 3 is 2.53 bits per heavy atom. The number of benzene rings is 3. The molecule has 0 aliphatic rings. The van der Waals surface area contributed by atoms with E-state index in [2.05, 4.69) is 32.1 Å². The van der Waals surface area contributed by atoms with Crippen molar-refractivity contribution in [2.45, 2.75) is 19.6 Å². The standard InChI is InChI=1S/C23H22BrN3O2S/c1-16(18-8-3-2-4-9-18)25-23(30)27-26-22(28)19-10-5-7-17(13-19)15-29-21-12-6-11-20(24)14-21/h2-14,16H,15H2,1H3,(H,26,28)(H2,25,27,30). The number of rotatable bonds is 6. The van der Waals surface area contributed by atoms with Gasteiger partial charge in [-0.25, -0.2) is 0 Å². The number of amides is 1. The van der Waals surface area contributed by atoms with E-state index in [0.29, 0.717) is 17.3 Å². The highest BCUT2D eigenvalue weighted by Crippen LogP contribution is 2.19. The lowest BCUT2D eigenvalue weighted by Gasteiger charge is -2.17. The molecule has 0 spiro atoms. The maximum atomic E-state index is 12.5. The molecule has 0 aromatic heterocycles. The highest BCUT2D eigenvalue weighted by molar-refractivity contribution is 9.10. The second-order valence-corrected chi connectivity index (χ2v) is 7.96. The summed E-state index contributed by atoms with van der Waals surface area (Å²) in [6.07, 6.45) is 0. The Kier molecular flexibility index (Phi) is 7.82. The molecule has 30 heavy (non-hydrogen) atoms. The van der Waals surface area contributed by atoms with Crippen LogP contribution >= 0.6 is 28.1 Å². The van der Waals surface area contributed by atoms with Crippen molar-refractivity contribution in [2.75, 3.05) is 0 Å². The molecular formula is C23H22BrN3O2S. The third-order valence-electron chi connectivity index (χ3n) is 4.33. The molecule has 0 aliphatic heterocycles. The van der Waals surface area contributed by atoms with Gasteiger partial charge in [0.15, 0.2) is 5.11 Å². The van der Waals surface area contributed by atoms with Crippen LogP contribution in [0.25, 0.3) is 0 Å². The van der Waals surface area contributed by atoms with Gasteiger partial charge in [-0.3, -0.25) is 15.6 Å². The van der Waals surface area contributed by atoms with Gasteiger partial charge >= 0.3 is 0 Å². The normalized spacial score (nSPS) is 11.3. The van der Waals surface area contributed by atoms with Gasteiger partial charge in [-0.15, -0.1) is 0 Å². The second kappa shape index (κ2) is 10.8. The first kappa shape index (κ1) is 21.8. The first-order valence-electron chi connectivity index (χ1n) is 9.40. The Hall–Kier alpha value is -2.90. The molecule has 0 radical (unpaired) electrons. The smallest absolute Gasteiger partial charge is 0.269 e. The van der Waals surface area contributed by atoms with Crippen LogP contribution < -0.4 is 20.9 Å². The zero-order valence-electron chi connectivity index (χ0n) is 16.4. The number of hydrogen-bond acceptors (Lipinski definition) is 3. The van der Waals surface area contributed by atoms with E-state index >= 15 is 0 Å². The number of halogens is 1. The number of hydrogen-bond donors (Lipinski definition) is 3. The minimum absolute atomic E-state index is 0.0154. The number of carbonyl (C=O) groups is 1. The van der Waals surface area contributed by atoms with E-state index in [1.807, 2.05) is 73.7 Å². The van der Waals surface area contributed by atoms with Crippen molar-refractivity contribution >= 4 is 39.2 Å². The van der Waals surface area contributed by atoms with Crippen molar-refractivity contribution in [1.82, 2.24) is 16.2 Å². The summed E-state index contributed by atoms with van der Waals surface area (Å²) in [5.74, 6) is 0.473. The van der Waals surface area contributed by atoms with Crippen LogP contribution in [0.3, 0.4) is 0 Å². The molecular weight excluding hydrogens is 462 g/mol. The molecule has 3 N–H and O–H groups in total. The minimum Gasteiger partial charge on any atom is -0.489 e. The van der Waals surface area contributed by atoms with Crippen molar-refractivity contribution in [3.63, 3.8) is 0 Å². The molecule has 0 bridgehead atoms. The molecule has 1 amide bonds. The van der Waals surface area contributed by atoms with Crippen molar-refractivity contribution in [1.29, 1.82) is 0 Å². The maximum absolute atomic E-state index is 12.5. The monoisotopic (exact) mass is 483 g/mol. The fourth-order valence-electron chi connectivity index (χ4n) is 2.77. The van der Waals surface area contributed by atoms with Crippen LogP contribution in [0, 0.1) is 0 Å². The lowest BCUT2D eigenvalue weighted by molar-refractivity contribution is 0.0943. The Bertz CT molecular complexity index is 1010. The summed E-state index contributed by atoms with van der Waals surface area (Å²) in [5, 5.41) is 3.48. The van der Waals surface area contributed by atoms with Gasteiger partial charge in [-0.1, -0.05) is 64.5 Å². The first-order valence-corrected chi connectivity index (χ1v) is 10.6. The molecule has 1 atom stereocenters. The van der Waals surface area contributed by atoms with Gasteiger partial charge in [0.1, 0.15) is 12.4 Å². The molecule has 5 nitrogen and oxygen atoms in total. The van der Waals surface area contributed by atoms with E-state index in [-0.39, 0.29) is 11.9 Å². The van der Waals surface area contributed by atoms with Gasteiger partial charge in [0.05, 0.1) is 6.04 Å². The summed E-state index contributed by atoms with van der Waals surface area (Å²) in [5.41, 5.74) is 7.88. The van der Waals surface area contributed by atoms with E-state index in [0.717, 1.165) is 21.3 Å². The lowest BCUT2D eigenvalue weighted by atomic mass is 10.1. The number of carbonyl (C=O) groups excluding carboxylic acids is 1. The minimum atomic E-state index is -0.282. The summed E-state index contributed by atoms with van der Waals surface area (Å²) in [6, 6.07) is 24.8. The van der Waals surface area contributed by atoms with Crippen LogP contribution in [-0.2, 0) is 6.61 Å². The van der Waals surface area contributed by atoms with Gasteiger partial charge in [0.25, 0.3) is 5.91 Å². The van der Waals surface area contributed by atoms with E-state index < -0.39 is 0 Å². The number of ether oxygens (including phenoxy) is 1. The third-order valence-corrected chi connectivity index (χ3v) is 5.04. The van der Waals surface area contributed by atoms with Crippen molar-refractivity contribution in [3.8, 4) is 5.75 Å². The predicted octanol–water partition coefficient (Wildman–Crippen LogP) is 4.90. The highest BCUT2D eigenvalue weighted by atomic mass is 79.9. The van der Waals surface area contributed by atoms with Gasteiger partial charge in [0.2, 0.25) is 0 Å². The largest absolute Gasteiger partial charge is 0.489 e. The molecule has 1 unspecified atom stereocenters. The lowest BCUT2D eigenvalue weighted by Crippen LogP contribution is -2.47. The SMILES string of the molecule is CC(NC(=S)NNC(=O)c1cccc(COc2cccc(Br)c2)c1)c1ccccc1. The molecule has 0 saturated heterocycles. The Morgan fingerprint density at radius 2 is 1.77 bits per heavy atom. The average molecular weight is 484 g/mol. The van der Waals surface area contributed by atoms with Crippen LogP contribution in [0.15, 0.2) is 83.3 Å².